The monoisotopic (exact) mass is 393 g/mol. The second kappa shape index (κ2) is 8.68. The summed E-state index contributed by atoms with van der Waals surface area (Å²) in [4.78, 5) is 42.4. The van der Waals surface area contributed by atoms with Gasteiger partial charge in [-0.25, -0.2) is 9.78 Å². The van der Waals surface area contributed by atoms with Crippen LogP contribution in [-0.4, -0.2) is 34.6 Å². The number of ether oxygens (including phenoxy) is 1. The molecule has 3 rings (SSSR count). The predicted molar refractivity (Wildman–Crippen MR) is 110 cm³/mol. The third kappa shape index (κ3) is 4.34. The van der Waals surface area contributed by atoms with E-state index in [2.05, 4.69) is 10.3 Å². The lowest BCUT2D eigenvalue weighted by atomic mass is 10.1. The van der Waals surface area contributed by atoms with Gasteiger partial charge in [-0.05, 0) is 31.5 Å². The molecule has 1 atom stereocenters. The number of aryl methyl sites for hydroxylation is 2. The van der Waals surface area contributed by atoms with Gasteiger partial charge in [-0.1, -0.05) is 30.3 Å². The molecular weight excluding hydrogens is 370 g/mol. The summed E-state index contributed by atoms with van der Waals surface area (Å²) in [5.74, 6) is -1.19. The zero-order valence-corrected chi connectivity index (χ0v) is 16.6. The van der Waals surface area contributed by atoms with Crippen molar-refractivity contribution in [2.75, 3.05) is 7.11 Å². The van der Waals surface area contributed by atoms with Gasteiger partial charge in [-0.2, -0.15) is 0 Å². The van der Waals surface area contributed by atoms with E-state index in [1.54, 1.807) is 16.7 Å². The van der Waals surface area contributed by atoms with Crippen LogP contribution in [0.3, 0.4) is 0 Å². The molecule has 0 spiro atoms. The van der Waals surface area contributed by atoms with Crippen LogP contribution in [0.1, 0.15) is 28.5 Å². The summed E-state index contributed by atoms with van der Waals surface area (Å²) < 4.78 is 6.59. The van der Waals surface area contributed by atoms with E-state index < -0.39 is 23.3 Å². The molecule has 3 aromatic rings. The Bertz CT molecular complexity index is 1110. The first kappa shape index (κ1) is 20.3. The van der Waals surface area contributed by atoms with Crippen LogP contribution in [0.15, 0.2) is 53.5 Å². The van der Waals surface area contributed by atoms with E-state index >= 15 is 0 Å². The topological polar surface area (TPSA) is 90.3 Å². The van der Waals surface area contributed by atoms with E-state index in [1.165, 1.54) is 13.3 Å². The van der Waals surface area contributed by atoms with Crippen molar-refractivity contribution in [2.45, 2.75) is 32.9 Å². The fourth-order valence-electron chi connectivity index (χ4n) is 3.18. The summed E-state index contributed by atoms with van der Waals surface area (Å²) >= 11 is 0. The highest BCUT2D eigenvalue weighted by Crippen LogP contribution is 2.12. The van der Waals surface area contributed by atoms with Gasteiger partial charge in [0, 0.05) is 24.9 Å². The predicted octanol–water partition coefficient (Wildman–Crippen LogP) is 2.24. The number of hydrogen-bond donors (Lipinski definition) is 1. The minimum atomic E-state index is -0.906. The second-order valence-electron chi connectivity index (χ2n) is 6.72. The van der Waals surface area contributed by atoms with E-state index in [1.807, 2.05) is 44.2 Å². The van der Waals surface area contributed by atoms with Gasteiger partial charge in [0.05, 0.1) is 12.5 Å². The van der Waals surface area contributed by atoms with Gasteiger partial charge < -0.3 is 14.6 Å². The van der Waals surface area contributed by atoms with Crippen molar-refractivity contribution in [2.24, 2.45) is 0 Å². The number of nitrogens with zero attached hydrogens (tertiary/aromatic N) is 2. The molecule has 2 heterocycles. The number of amides is 1. The van der Waals surface area contributed by atoms with Crippen molar-refractivity contribution < 1.29 is 14.3 Å². The normalized spacial score (nSPS) is 11.8. The second-order valence-corrected chi connectivity index (χ2v) is 6.72. The van der Waals surface area contributed by atoms with Crippen molar-refractivity contribution in [1.82, 2.24) is 14.9 Å². The molecule has 0 aliphatic carbocycles. The van der Waals surface area contributed by atoms with Crippen molar-refractivity contribution in [1.29, 1.82) is 0 Å². The molecule has 1 amide bonds. The van der Waals surface area contributed by atoms with Crippen LogP contribution in [0.25, 0.3) is 11.0 Å². The fourth-order valence-corrected chi connectivity index (χ4v) is 3.18. The summed E-state index contributed by atoms with van der Waals surface area (Å²) in [7, 11) is 1.26. The number of fused-ring (bicyclic) bond motifs is 1. The highest BCUT2D eigenvalue weighted by molar-refractivity contribution is 5.98. The SMILES string of the molecule is CCn1cc(C(=O)N[C@@H](Cc2ccccc2)C(=O)OC)c(=O)c2ccc(C)nc21. The molecule has 2 aromatic heterocycles. The van der Waals surface area contributed by atoms with Crippen LogP contribution in [0.4, 0.5) is 0 Å². The lowest BCUT2D eigenvalue weighted by Crippen LogP contribution is -2.44. The molecule has 29 heavy (non-hydrogen) atoms. The lowest BCUT2D eigenvalue weighted by molar-refractivity contribution is -0.142. The van der Waals surface area contributed by atoms with Gasteiger partial charge in [-0.15, -0.1) is 0 Å². The van der Waals surface area contributed by atoms with E-state index in [0.29, 0.717) is 17.6 Å². The molecule has 7 nitrogen and oxygen atoms in total. The van der Waals surface area contributed by atoms with Gasteiger partial charge >= 0.3 is 5.97 Å². The first-order chi connectivity index (χ1) is 13.9. The number of methoxy groups -OCH3 is 1. The van der Waals surface area contributed by atoms with Crippen LogP contribution >= 0.6 is 0 Å². The molecule has 0 bridgehead atoms. The average Bonchev–Trinajstić information content (AvgIpc) is 2.73. The molecule has 1 N–H and O–H groups in total. The van der Waals surface area contributed by atoms with E-state index in [9.17, 15) is 14.4 Å². The molecular formula is C22H23N3O4. The molecule has 0 radical (unpaired) electrons. The summed E-state index contributed by atoms with van der Waals surface area (Å²) in [6.07, 6.45) is 1.75. The quantitative estimate of drug-likeness (QED) is 0.649. The highest BCUT2D eigenvalue weighted by Gasteiger charge is 2.25. The molecule has 0 aliphatic rings. The minimum absolute atomic E-state index is 0.0352. The number of aromatic nitrogens is 2. The number of carbonyl (C=O) groups is 2. The maximum Gasteiger partial charge on any atom is 0.328 e. The molecule has 0 saturated carbocycles. The number of pyridine rings is 2. The standard InChI is InChI=1S/C22H23N3O4/c1-4-25-13-17(19(26)16-11-10-14(2)23-20(16)25)21(27)24-18(22(28)29-3)12-15-8-6-5-7-9-15/h5-11,13,18H,4,12H2,1-3H3,(H,24,27)/t18-/m0/s1. The average molecular weight is 393 g/mol. The fraction of sp³-hybridized carbons (Fsp3) is 0.273. The Labute approximate surface area is 168 Å². The number of nitrogens with one attached hydrogen (secondary N) is 1. The summed E-state index contributed by atoms with van der Waals surface area (Å²) in [6.45, 7) is 4.29. The summed E-state index contributed by atoms with van der Waals surface area (Å²) in [6, 6.07) is 11.8. The molecule has 0 fully saturated rings. The first-order valence-corrected chi connectivity index (χ1v) is 9.38. The smallest absolute Gasteiger partial charge is 0.328 e. The number of esters is 1. The van der Waals surface area contributed by atoms with Crippen molar-refractivity contribution in [3.8, 4) is 0 Å². The molecule has 0 aliphatic heterocycles. The van der Waals surface area contributed by atoms with Gasteiger partial charge in [0.1, 0.15) is 17.3 Å². The molecule has 150 valence electrons. The summed E-state index contributed by atoms with van der Waals surface area (Å²) in [5, 5.41) is 3.02. The van der Waals surface area contributed by atoms with Crippen LogP contribution < -0.4 is 10.7 Å². The Morgan fingerprint density at radius 2 is 1.90 bits per heavy atom. The number of carbonyl (C=O) groups excluding carboxylic acids is 2. The zero-order chi connectivity index (χ0) is 21.0. The third-order valence-corrected chi connectivity index (χ3v) is 4.72. The van der Waals surface area contributed by atoms with Crippen molar-refractivity contribution >= 4 is 22.9 Å². The van der Waals surface area contributed by atoms with Gasteiger partial charge in [0.25, 0.3) is 5.91 Å². The van der Waals surface area contributed by atoms with Crippen LogP contribution in [0.5, 0.6) is 0 Å². The largest absolute Gasteiger partial charge is 0.467 e. The summed E-state index contributed by atoms with van der Waals surface area (Å²) in [5.41, 5.74) is 1.73. The van der Waals surface area contributed by atoms with E-state index in [-0.39, 0.29) is 12.0 Å². The first-order valence-electron chi connectivity index (χ1n) is 9.38. The lowest BCUT2D eigenvalue weighted by Gasteiger charge is -2.17. The Hall–Kier alpha value is -3.48. The van der Waals surface area contributed by atoms with Crippen molar-refractivity contribution in [3.63, 3.8) is 0 Å². The van der Waals surface area contributed by atoms with Gasteiger partial charge in [-0.3, -0.25) is 9.59 Å². The highest BCUT2D eigenvalue weighted by atomic mass is 16.5. The van der Waals surface area contributed by atoms with E-state index in [0.717, 1.165) is 11.3 Å². The maximum absolute atomic E-state index is 12.9. The minimum Gasteiger partial charge on any atom is -0.467 e. The number of benzene rings is 1. The van der Waals surface area contributed by atoms with Crippen LogP contribution in [0.2, 0.25) is 0 Å². The Balaban J connectivity index is 1.96. The molecule has 0 saturated heterocycles. The molecule has 1 aromatic carbocycles. The van der Waals surface area contributed by atoms with Crippen molar-refractivity contribution in [3.05, 3.63) is 75.7 Å². The Morgan fingerprint density at radius 1 is 1.17 bits per heavy atom. The van der Waals surface area contributed by atoms with Crippen LogP contribution in [0, 0.1) is 6.92 Å². The Kier molecular flexibility index (Phi) is 6.07. The number of rotatable bonds is 6. The Morgan fingerprint density at radius 3 is 2.55 bits per heavy atom. The van der Waals surface area contributed by atoms with Gasteiger partial charge in [0.15, 0.2) is 0 Å². The number of hydrogen-bond acceptors (Lipinski definition) is 5. The van der Waals surface area contributed by atoms with Crippen LogP contribution in [-0.2, 0) is 22.5 Å². The molecule has 7 heteroatoms. The zero-order valence-electron chi connectivity index (χ0n) is 16.6. The van der Waals surface area contributed by atoms with E-state index in [4.69, 9.17) is 4.74 Å². The molecule has 0 unspecified atom stereocenters. The third-order valence-electron chi connectivity index (χ3n) is 4.72. The van der Waals surface area contributed by atoms with Gasteiger partial charge in [0.2, 0.25) is 5.43 Å². The maximum atomic E-state index is 12.9.